The van der Waals surface area contributed by atoms with Crippen LogP contribution >= 0.6 is 0 Å². The van der Waals surface area contributed by atoms with E-state index >= 15 is 0 Å². The smallest absolute Gasteiger partial charge is 0.256 e. The molecule has 3 aromatic rings. The molecule has 3 heterocycles. The maximum Gasteiger partial charge on any atom is 0.256 e. The molecular weight excluding hydrogens is 469 g/mol. The van der Waals surface area contributed by atoms with Gasteiger partial charge in [0.05, 0.1) is 5.69 Å². The number of pyridine rings is 1. The Morgan fingerprint density at radius 2 is 1.89 bits per heavy atom. The van der Waals surface area contributed by atoms with Gasteiger partial charge in [-0.2, -0.15) is 4.98 Å². The van der Waals surface area contributed by atoms with Crippen molar-refractivity contribution in [3.05, 3.63) is 65.1 Å². The van der Waals surface area contributed by atoms with Crippen molar-refractivity contribution in [3.8, 4) is 0 Å². The van der Waals surface area contributed by atoms with Gasteiger partial charge in [-0.15, -0.1) is 0 Å². The van der Waals surface area contributed by atoms with Crippen molar-refractivity contribution < 1.29 is 9.18 Å². The van der Waals surface area contributed by atoms with Crippen molar-refractivity contribution in [2.24, 2.45) is 0 Å². The van der Waals surface area contributed by atoms with E-state index in [1.54, 1.807) is 12.3 Å². The molecule has 2 saturated carbocycles. The highest BCUT2D eigenvalue weighted by Crippen LogP contribution is 2.51. The first kappa shape index (κ1) is 23.8. The first-order valence-electron chi connectivity index (χ1n) is 13.0. The molecule has 37 heavy (non-hydrogen) atoms. The van der Waals surface area contributed by atoms with Crippen molar-refractivity contribution in [1.29, 1.82) is 0 Å². The van der Waals surface area contributed by atoms with E-state index in [1.165, 1.54) is 30.2 Å². The Labute approximate surface area is 215 Å². The van der Waals surface area contributed by atoms with E-state index in [2.05, 4.69) is 54.4 Å². The highest BCUT2D eigenvalue weighted by atomic mass is 19.1. The zero-order chi connectivity index (χ0) is 25.6. The van der Waals surface area contributed by atoms with Crippen LogP contribution in [-0.4, -0.2) is 40.1 Å². The zero-order valence-electron chi connectivity index (χ0n) is 21.2. The summed E-state index contributed by atoms with van der Waals surface area (Å²) < 4.78 is 13.6. The molecule has 0 unspecified atom stereocenters. The average Bonchev–Trinajstić information content (AvgIpc) is 3.81. The molecule has 9 heteroatoms. The van der Waals surface area contributed by atoms with E-state index in [4.69, 9.17) is 0 Å². The number of nitrogens with zero attached hydrogens (tertiary/aromatic N) is 3. The minimum Gasteiger partial charge on any atom is -0.350 e. The lowest BCUT2D eigenvalue weighted by Gasteiger charge is -2.26. The predicted molar refractivity (Wildman–Crippen MR) is 141 cm³/mol. The van der Waals surface area contributed by atoms with Crippen molar-refractivity contribution in [1.82, 2.24) is 25.6 Å². The number of anilines is 4. The molecule has 8 nitrogen and oxygen atoms in total. The molecule has 4 N–H and O–H groups in total. The summed E-state index contributed by atoms with van der Waals surface area (Å²) in [6.45, 7) is 5.27. The summed E-state index contributed by atoms with van der Waals surface area (Å²) in [7, 11) is 0. The van der Waals surface area contributed by atoms with E-state index in [0.717, 1.165) is 37.3 Å². The van der Waals surface area contributed by atoms with Gasteiger partial charge < -0.3 is 21.3 Å². The molecular formula is C28H32FN7O. The number of hydrogen-bond acceptors (Lipinski definition) is 7. The second-order valence-corrected chi connectivity index (χ2v) is 10.9. The minimum absolute atomic E-state index is 0.0381. The average molecular weight is 502 g/mol. The van der Waals surface area contributed by atoms with Crippen LogP contribution in [0.1, 0.15) is 66.7 Å². The zero-order valence-corrected chi connectivity index (χ0v) is 21.2. The van der Waals surface area contributed by atoms with Gasteiger partial charge in [-0.05, 0) is 74.9 Å². The van der Waals surface area contributed by atoms with Crippen LogP contribution in [0.3, 0.4) is 0 Å². The van der Waals surface area contributed by atoms with Crippen LogP contribution in [0.15, 0.2) is 42.7 Å². The molecule has 1 spiro atoms. The predicted octanol–water partition coefficient (Wildman–Crippen LogP) is 4.63. The van der Waals surface area contributed by atoms with Crippen LogP contribution in [0.2, 0.25) is 0 Å². The van der Waals surface area contributed by atoms with Crippen LogP contribution < -0.4 is 21.3 Å². The molecule has 1 aliphatic heterocycles. The number of carbonyl (C=O) groups is 1. The van der Waals surface area contributed by atoms with Gasteiger partial charge >= 0.3 is 0 Å². The monoisotopic (exact) mass is 501 g/mol. The second-order valence-electron chi connectivity index (χ2n) is 10.9. The van der Waals surface area contributed by atoms with Crippen molar-refractivity contribution >= 4 is 29.0 Å². The standard InChI is InChI=1S/C28H32FN7O/c1-17(2)33-25(37)21-14-32-26(35-19-3-4-22-18(11-19)13-30-16-28(22)8-9-28)36-24(21)34-20-5-10-31-23(12-20)27(15-29)6-7-27/h3-5,10-12,14,17,30H,6-9,13,15-16H2,1-2H3,(H,33,37)(H2,31,32,34,35,36). The maximum absolute atomic E-state index is 13.6. The molecule has 2 fully saturated rings. The summed E-state index contributed by atoms with van der Waals surface area (Å²) in [6.07, 6.45) is 7.25. The number of rotatable bonds is 8. The molecule has 192 valence electrons. The lowest BCUT2D eigenvalue weighted by Crippen LogP contribution is -2.33. The fourth-order valence-corrected chi connectivity index (χ4v) is 5.18. The number of carbonyl (C=O) groups excluding carboxylic acids is 1. The summed E-state index contributed by atoms with van der Waals surface area (Å²) >= 11 is 0. The first-order valence-corrected chi connectivity index (χ1v) is 13.0. The largest absolute Gasteiger partial charge is 0.350 e. The third kappa shape index (κ3) is 4.64. The third-order valence-electron chi connectivity index (χ3n) is 7.69. The van der Waals surface area contributed by atoms with Gasteiger partial charge in [0.15, 0.2) is 0 Å². The van der Waals surface area contributed by atoms with Gasteiger partial charge in [-0.3, -0.25) is 14.2 Å². The fraction of sp³-hybridized carbons (Fsp3) is 0.429. The molecule has 1 aromatic carbocycles. The van der Waals surface area contributed by atoms with E-state index in [0.29, 0.717) is 28.4 Å². The van der Waals surface area contributed by atoms with Crippen LogP contribution in [0.5, 0.6) is 0 Å². The first-order chi connectivity index (χ1) is 17.9. The quantitative estimate of drug-likeness (QED) is 0.357. The van der Waals surface area contributed by atoms with Crippen LogP contribution in [0, 0.1) is 0 Å². The van der Waals surface area contributed by atoms with E-state index < -0.39 is 12.1 Å². The number of benzene rings is 1. The summed E-state index contributed by atoms with van der Waals surface area (Å²) in [4.78, 5) is 26.4. The van der Waals surface area contributed by atoms with E-state index in [9.17, 15) is 9.18 Å². The van der Waals surface area contributed by atoms with Gasteiger partial charge in [0.2, 0.25) is 5.95 Å². The number of fused-ring (bicyclic) bond motifs is 2. The Bertz CT molecular complexity index is 1350. The molecule has 0 saturated heterocycles. The topological polar surface area (TPSA) is 104 Å². The van der Waals surface area contributed by atoms with Crippen LogP contribution in [-0.2, 0) is 17.4 Å². The summed E-state index contributed by atoms with van der Waals surface area (Å²) in [5.74, 6) is 0.481. The van der Waals surface area contributed by atoms with Gasteiger partial charge in [0, 0.05) is 53.7 Å². The Balaban J connectivity index is 1.29. The summed E-state index contributed by atoms with van der Waals surface area (Å²) in [5.41, 5.74) is 5.22. The molecule has 3 aliphatic rings. The Kier molecular flexibility index (Phi) is 5.82. The minimum atomic E-state index is -0.478. The van der Waals surface area contributed by atoms with Crippen molar-refractivity contribution in [3.63, 3.8) is 0 Å². The van der Waals surface area contributed by atoms with Gasteiger partial charge in [0.1, 0.15) is 18.1 Å². The second kappa shape index (κ2) is 9.06. The molecule has 0 radical (unpaired) electrons. The van der Waals surface area contributed by atoms with E-state index in [-0.39, 0.29) is 11.9 Å². The van der Waals surface area contributed by atoms with Crippen LogP contribution in [0.4, 0.5) is 27.5 Å². The molecule has 2 aliphatic carbocycles. The lowest BCUT2D eigenvalue weighted by molar-refractivity contribution is 0.0943. The van der Waals surface area contributed by atoms with Crippen molar-refractivity contribution in [2.75, 3.05) is 23.9 Å². The highest BCUT2D eigenvalue weighted by molar-refractivity contribution is 5.99. The number of aromatic nitrogens is 3. The maximum atomic E-state index is 13.6. The molecule has 0 bridgehead atoms. The van der Waals surface area contributed by atoms with E-state index in [1.807, 2.05) is 19.9 Å². The molecule has 2 aromatic heterocycles. The number of alkyl halides is 1. The van der Waals surface area contributed by atoms with Crippen molar-refractivity contribution in [2.45, 2.75) is 62.9 Å². The molecule has 1 amide bonds. The Morgan fingerprint density at radius 1 is 1.08 bits per heavy atom. The lowest BCUT2D eigenvalue weighted by atomic mass is 9.88. The molecule has 6 rings (SSSR count). The summed E-state index contributed by atoms with van der Waals surface area (Å²) in [6, 6.07) is 10.0. The Hall–Kier alpha value is -3.59. The van der Waals surface area contributed by atoms with Gasteiger partial charge in [0.25, 0.3) is 5.91 Å². The van der Waals surface area contributed by atoms with Gasteiger partial charge in [-0.25, -0.2) is 4.98 Å². The SMILES string of the molecule is CC(C)NC(=O)c1cnc(Nc2ccc3c(c2)CNCC32CC2)nc1Nc1ccnc(C2(CF)CC2)c1. The summed E-state index contributed by atoms with van der Waals surface area (Å²) in [5, 5.41) is 13.0. The normalized spacial score (nSPS) is 18.3. The third-order valence-corrected chi connectivity index (χ3v) is 7.69. The number of amides is 1. The number of hydrogen-bond donors (Lipinski definition) is 4. The van der Waals surface area contributed by atoms with Crippen LogP contribution in [0.25, 0.3) is 0 Å². The number of halogens is 1. The number of nitrogens with one attached hydrogen (secondary N) is 4. The highest BCUT2D eigenvalue weighted by Gasteiger charge is 2.47. The fourth-order valence-electron chi connectivity index (χ4n) is 5.18. The molecule has 0 atom stereocenters. The van der Waals surface area contributed by atoms with Gasteiger partial charge in [-0.1, -0.05) is 6.07 Å². The Morgan fingerprint density at radius 3 is 2.62 bits per heavy atom.